The van der Waals surface area contributed by atoms with Gasteiger partial charge < -0.3 is 14.7 Å². The molecule has 9 heteroatoms. The van der Waals surface area contributed by atoms with Gasteiger partial charge in [0.25, 0.3) is 6.47 Å². The van der Waals surface area contributed by atoms with E-state index in [4.69, 9.17) is 27.9 Å². The molecule has 2 aliphatic heterocycles. The number of ether oxygens (including phenoxy) is 1. The molecule has 0 radical (unpaired) electrons. The Morgan fingerprint density at radius 2 is 1.35 bits per heavy atom. The summed E-state index contributed by atoms with van der Waals surface area (Å²) >= 11 is 13.5. The average molecular weight is 898 g/mol. The highest BCUT2D eigenvalue weighted by molar-refractivity contribution is 6.29. The van der Waals surface area contributed by atoms with Gasteiger partial charge >= 0.3 is 5.97 Å². The topological polar surface area (TPSA) is 93.6 Å². The van der Waals surface area contributed by atoms with Crippen LogP contribution in [-0.4, -0.2) is 47.5 Å². The van der Waals surface area contributed by atoms with Crippen LogP contribution in [-0.2, 0) is 25.2 Å². The van der Waals surface area contributed by atoms with E-state index in [0.29, 0.717) is 41.5 Å². The van der Waals surface area contributed by atoms with Crippen molar-refractivity contribution in [3.8, 4) is 6.07 Å². The number of carboxylic acid groups (broad SMARTS) is 1. The lowest BCUT2D eigenvalue weighted by Crippen LogP contribution is -2.35. The van der Waals surface area contributed by atoms with E-state index in [9.17, 15) is 20.0 Å². The molecule has 2 heterocycles. The van der Waals surface area contributed by atoms with Crippen molar-refractivity contribution in [3.05, 3.63) is 118 Å². The maximum atomic E-state index is 12.0. The van der Waals surface area contributed by atoms with Crippen molar-refractivity contribution in [3.63, 3.8) is 0 Å². The summed E-state index contributed by atoms with van der Waals surface area (Å²) in [4.78, 5) is 25.6. The fraction of sp³-hybridized carbons (Fsp3) is 0.519. The number of fused-ring (bicyclic) bond motifs is 2. The summed E-state index contributed by atoms with van der Waals surface area (Å²) in [6.45, 7) is 14.2. The fourth-order valence-electron chi connectivity index (χ4n) is 9.98. The Labute approximate surface area is 388 Å². The monoisotopic (exact) mass is 896 g/mol. The van der Waals surface area contributed by atoms with Gasteiger partial charge in [-0.1, -0.05) is 189 Å². The van der Waals surface area contributed by atoms with Gasteiger partial charge in [0.05, 0.1) is 23.6 Å². The van der Waals surface area contributed by atoms with Crippen molar-refractivity contribution in [1.82, 2.24) is 0 Å². The Hall–Kier alpha value is -4.38. The van der Waals surface area contributed by atoms with E-state index >= 15 is 0 Å². The Morgan fingerprint density at radius 1 is 0.810 bits per heavy atom. The van der Waals surface area contributed by atoms with E-state index < -0.39 is 16.8 Å². The highest BCUT2D eigenvalue weighted by Gasteiger charge is 2.51. The maximum absolute atomic E-state index is 12.0. The number of carbonyl (C=O) groups is 2. The SMILES string of the molecule is C=C(Cl)CC1(CCCCCCCCCC)C(/C=C/C(C#N)=C/C=C2/N(CCOC=O)c3ccccc3C2(CCCCCCCCCC)CC(=C)Cl)=[N+](CCC(=O)O)c2ccccc21. The van der Waals surface area contributed by atoms with Crippen LogP contribution in [0.2, 0.25) is 0 Å². The van der Waals surface area contributed by atoms with Gasteiger partial charge in [0, 0.05) is 51.0 Å². The number of aliphatic carboxylic acids is 1. The van der Waals surface area contributed by atoms with Crippen LogP contribution in [0.1, 0.15) is 160 Å². The minimum Gasteiger partial charge on any atom is -0.481 e. The lowest BCUT2D eigenvalue weighted by molar-refractivity contribution is -0.436. The lowest BCUT2D eigenvalue weighted by atomic mass is 9.71. The van der Waals surface area contributed by atoms with Crippen molar-refractivity contribution in [1.29, 1.82) is 5.26 Å². The van der Waals surface area contributed by atoms with Crippen molar-refractivity contribution < 1.29 is 24.0 Å². The van der Waals surface area contributed by atoms with E-state index in [0.717, 1.165) is 78.9 Å². The number of carbonyl (C=O) groups excluding carboxylic acids is 1. The molecule has 2 aliphatic rings. The van der Waals surface area contributed by atoms with E-state index in [2.05, 4.69) is 72.9 Å². The number of para-hydroxylation sites is 2. The molecule has 2 unspecified atom stereocenters. The largest absolute Gasteiger partial charge is 0.481 e. The summed E-state index contributed by atoms with van der Waals surface area (Å²) in [5, 5.41) is 21.7. The molecule has 0 aromatic heterocycles. The predicted octanol–water partition coefficient (Wildman–Crippen LogP) is 14.7. The molecule has 1 N–H and O–H groups in total. The standard InChI is InChI=1S/C54H71Cl2N3O4/c1-5-7-9-11-13-15-17-23-34-53(39-43(3)55)46-25-19-21-27-48(46)58(36-33-52(61)62)50(53)31-29-45(41-57)30-32-51-54(40-44(4)56,35-24-18-16-14-12-10-8-6-2)47-26-20-22-28-49(47)59(51)37-38-63-42-60/h19-22,25-32,42H,3-18,23-24,33-40H2,1-2H3/p+1. The molecule has 7 nitrogen and oxygen atoms in total. The van der Waals surface area contributed by atoms with Gasteiger partial charge in [-0.05, 0) is 49.1 Å². The zero-order valence-corrected chi connectivity index (χ0v) is 39.7. The number of anilines is 1. The molecule has 0 spiro atoms. The molecule has 0 fully saturated rings. The second-order valence-electron chi connectivity index (χ2n) is 17.5. The summed E-state index contributed by atoms with van der Waals surface area (Å²) in [6, 6.07) is 19.0. The summed E-state index contributed by atoms with van der Waals surface area (Å²) in [7, 11) is 0. The van der Waals surface area contributed by atoms with Gasteiger partial charge in [-0.2, -0.15) is 9.84 Å². The van der Waals surface area contributed by atoms with Gasteiger partial charge in [-0.25, -0.2) is 0 Å². The first-order valence-corrected chi connectivity index (χ1v) is 24.4. The van der Waals surface area contributed by atoms with Crippen LogP contribution in [0.4, 0.5) is 11.4 Å². The van der Waals surface area contributed by atoms with Crippen LogP contribution in [0.15, 0.2) is 107 Å². The molecular formula is C54H72Cl2N3O4+. The summed E-state index contributed by atoms with van der Waals surface area (Å²) in [6.07, 6.45) is 29.4. The van der Waals surface area contributed by atoms with Gasteiger partial charge in [0.2, 0.25) is 5.69 Å². The Kier molecular flexibility index (Phi) is 22.0. The van der Waals surface area contributed by atoms with Crippen LogP contribution in [0.25, 0.3) is 0 Å². The molecular weight excluding hydrogens is 826 g/mol. The van der Waals surface area contributed by atoms with Crippen molar-refractivity contribution in [2.24, 2.45) is 0 Å². The number of nitriles is 1. The third-order valence-corrected chi connectivity index (χ3v) is 13.2. The van der Waals surface area contributed by atoms with Crippen molar-refractivity contribution in [2.75, 3.05) is 24.6 Å². The molecule has 340 valence electrons. The molecule has 63 heavy (non-hydrogen) atoms. The van der Waals surface area contributed by atoms with Gasteiger partial charge in [0.15, 0.2) is 12.3 Å². The highest BCUT2D eigenvalue weighted by Crippen LogP contribution is 2.54. The highest BCUT2D eigenvalue weighted by atomic mass is 35.5. The smallest absolute Gasteiger partial charge is 0.309 e. The molecule has 2 aromatic carbocycles. The minimum atomic E-state index is -0.877. The molecule has 2 aromatic rings. The zero-order chi connectivity index (χ0) is 45.5. The molecule has 0 saturated heterocycles. The first-order chi connectivity index (χ1) is 30.6. The van der Waals surface area contributed by atoms with Gasteiger partial charge in [-0.15, -0.1) is 0 Å². The minimum absolute atomic E-state index is 0.0502. The van der Waals surface area contributed by atoms with Crippen LogP contribution < -0.4 is 4.90 Å². The first-order valence-electron chi connectivity index (χ1n) is 23.6. The average Bonchev–Trinajstić information content (AvgIpc) is 3.66. The normalized spacial score (nSPS) is 18.8. The van der Waals surface area contributed by atoms with Gasteiger partial charge in [0.1, 0.15) is 13.0 Å². The molecule has 0 bridgehead atoms. The van der Waals surface area contributed by atoms with Crippen LogP contribution in [0, 0.1) is 11.3 Å². The Balaban J connectivity index is 1.80. The number of hydrogen-bond acceptors (Lipinski definition) is 5. The number of unbranched alkanes of at least 4 members (excludes halogenated alkanes) is 14. The number of halogens is 2. The lowest BCUT2D eigenvalue weighted by Gasteiger charge is -2.34. The predicted molar refractivity (Wildman–Crippen MR) is 262 cm³/mol. The summed E-state index contributed by atoms with van der Waals surface area (Å²) in [5.41, 5.74) is 5.51. The second kappa shape index (κ2) is 27.1. The molecule has 2 atom stereocenters. The zero-order valence-electron chi connectivity index (χ0n) is 38.2. The Bertz CT molecular complexity index is 2010. The molecule has 4 rings (SSSR count). The van der Waals surface area contributed by atoms with E-state index in [-0.39, 0.29) is 19.6 Å². The van der Waals surface area contributed by atoms with Crippen LogP contribution in [0.5, 0.6) is 0 Å². The van der Waals surface area contributed by atoms with E-state index in [1.54, 1.807) is 0 Å². The number of benzene rings is 2. The number of hydrogen-bond donors (Lipinski definition) is 1. The number of allylic oxidation sites excluding steroid dienone is 8. The third kappa shape index (κ3) is 14.3. The quantitative estimate of drug-likeness (QED) is 0.0258. The molecule has 0 saturated carbocycles. The fourth-order valence-corrected chi connectivity index (χ4v) is 10.4. The van der Waals surface area contributed by atoms with Crippen molar-refractivity contribution >= 4 is 52.7 Å². The molecule has 0 amide bonds. The van der Waals surface area contributed by atoms with Crippen LogP contribution in [0.3, 0.4) is 0 Å². The second-order valence-corrected chi connectivity index (χ2v) is 18.5. The number of nitrogens with zero attached hydrogens (tertiary/aromatic N) is 3. The molecule has 0 aliphatic carbocycles. The maximum Gasteiger partial charge on any atom is 0.309 e. The van der Waals surface area contributed by atoms with Crippen molar-refractivity contribution in [2.45, 2.75) is 160 Å². The third-order valence-electron chi connectivity index (χ3n) is 12.9. The van der Waals surface area contributed by atoms with Gasteiger partial charge in [-0.3, -0.25) is 9.59 Å². The van der Waals surface area contributed by atoms with Crippen LogP contribution >= 0.6 is 23.2 Å². The number of carboxylic acids is 1. The Morgan fingerprint density at radius 3 is 1.92 bits per heavy atom. The summed E-state index contributed by atoms with van der Waals surface area (Å²) in [5.74, 6) is -0.877. The van der Waals surface area contributed by atoms with E-state index in [1.807, 2.05) is 42.5 Å². The number of rotatable bonds is 32. The summed E-state index contributed by atoms with van der Waals surface area (Å²) < 4.78 is 7.36. The first kappa shape index (κ1) is 51.3. The van der Waals surface area contributed by atoms with E-state index in [1.165, 1.54) is 70.6 Å².